The van der Waals surface area contributed by atoms with E-state index in [1.807, 2.05) is 0 Å². The second-order valence-corrected chi connectivity index (χ2v) is 5.52. The number of rotatable bonds is 3. The molecule has 2 aliphatic heterocycles. The minimum absolute atomic E-state index is 0.127. The van der Waals surface area contributed by atoms with Crippen LogP contribution in [0.3, 0.4) is 0 Å². The van der Waals surface area contributed by atoms with Gasteiger partial charge >= 0.3 is 5.97 Å². The third-order valence-electron chi connectivity index (χ3n) is 4.22. The molecule has 5 nitrogen and oxygen atoms in total. The van der Waals surface area contributed by atoms with Crippen LogP contribution in [0.15, 0.2) is 0 Å². The van der Waals surface area contributed by atoms with E-state index in [0.29, 0.717) is 18.9 Å². The molecule has 0 radical (unpaired) electrons. The molecule has 1 N–H and O–H groups in total. The van der Waals surface area contributed by atoms with Crippen molar-refractivity contribution in [3.63, 3.8) is 0 Å². The van der Waals surface area contributed by atoms with Crippen LogP contribution in [0.1, 0.15) is 38.5 Å². The highest BCUT2D eigenvalue weighted by molar-refractivity contribution is 5.84. The van der Waals surface area contributed by atoms with Crippen molar-refractivity contribution in [2.24, 2.45) is 5.92 Å². The molecule has 0 aromatic carbocycles. The summed E-state index contributed by atoms with van der Waals surface area (Å²) in [5.74, 6) is 0.328. The summed E-state index contributed by atoms with van der Waals surface area (Å²) in [6, 6.07) is -0.354. The van der Waals surface area contributed by atoms with E-state index in [-0.39, 0.29) is 17.9 Å². The molecule has 2 saturated heterocycles. The maximum absolute atomic E-state index is 12.4. The van der Waals surface area contributed by atoms with Crippen molar-refractivity contribution in [3.05, 3.63) is 0 Å². The standard InChI is InChI=1S/C14H24N2O3/c1-19-14(18)12-4-2-3-9-16(12)13(17)10-11-5-7-15-8-6-11/h11-12,15H,2-10H2,1H3. The number of methoxy groups -OCH3 is 1. The molecule has 5 heteroatoms. The minimum Gasteiger partial charge on any atom is -0.467 e. The molecule has 2 rings (SSSR count). The number of esters is 1. The van der Waals surface area contributed by atoms with Gasteiger partial charge in [0, 0.05) is 13.0 Å². The van der Waals surface area contributed by atoms with Crippen LogP contribution < -0.4 is 5.32 Å². The molecule has 0 aromatic heterocycles. The molecule has 2 heterocycles. The Kier molecular flexibility index (Phi) is 5.19. The highest BCUT2D eigenvalue weighted by atomic mass is 16.5. The maximum atomic E-state index is 12.4. The zero-order valence-electron chi connectivity index (χ0n) is 11.7. The van der Waals surface area contributed by atoms with Gasteiger partial charge in [0.2, 0.25) is 5.91 Å². The molecular weight excluding hydrogens is 244 g/mol. The summed E-state index contributed by atoms with van der Waals surface area (Å²) in [6.45, 7) is 2.69. The van der Waals surface area contributed by atoms with E-state index < -0.39 is 0 Å². The number of nitrogens with zero attached hydrogens (tertiary/aromatic N) is 1. The number of likely N-dealkylation sites (tertiary alicyclic amines) is 1. The van der Waals surface area contributed by atoms with Crippen LogP contribution in [0.25, 0.3) is 0 Å². The average molecular weight is 268 g/mol. The zero-order chi connectivity index (χ0) is 13.7. The zero-order valence-corrected chi connectivity index (χ0v) is 11.7. The van der Waals surface area contributed by atoms with Crippen molar-refractivity contribution in [1.29, 1.82) is 0 Å². The van der Waals surface area contributed by atoms with E-state index in [9.17, 15) is 9.59 Å². The van der Waals surface area contributed by atoms with Gasteiger partial charge in [0.25, 0.3) is 0 Å². The Labute approximate surface area is 114 Å². The Balaban J connectivity index is 1.92. The third-order valence-corrected chi connectivity index (χ3v) is 4.22. The Morgan fingerprint density at radius 3 is 2.63 bits per heavy atom. The lowest BCUT2D eigenvalue weighted by Crippen LogP contribution is -2.49. The van der Waals surface area contributed by atoms with Gasteiger partial charge in [-0.2, -0.15) is 0 Å². The van der Waals surface area contributed by atoms with Gasteiger partial charge in [-0.1, -0.05) is 0 Å². The van der Waals surface area contributed by atoms with Crippen molar-refractivity contribution < 1.29 is 14.3 Å². The smallest absolute Gasteiger partial charge is 0.328 e. The SMILES string of the molecule is COC(=O)C1CCCCN1C(=O)CC1CCNCC1. The molecule has 0 spiro atoms. The molecule has 2 fully saturated rings. The molecule has 1 amide bonds. The Hall–Kier alpha value is -1.10. The maximum Gasteiger partial charge on any atom is 0.328 e. The molecule has 0 aromatic rings. The number of amides is 1. The first-order valence-electron chi connectivity index (χ1n) is 7.30. The normalized spacial score (nSPS) is 25.1. The highest BCUT2D eigenvalue weighted by Crippen LogP contribution is 2.23. The first-order chi connectivity index (χ1) is 9.22. The largest absolute Gasteiger partial charge is 0.467 e. The van der Waals surface area contributed by atoms with Gasteiger partial charge in [0.1, 0.15) is 6.04 Å². The summed E-state index contributed by atoms with van der Waals surface area (Å²) in [6.07, 6.45) is 5.42. The fraction of sp³-hybridized carbons (Fsp3) is 0.857. The average Bonchev–Trinajstić information content (AvgIpc) is 2.47. The number of nitrogens with one attached hydrogen (secondary N) is 1. The van der Waals surface area contributed by atoms with Crippen LogP contribution in [0.5, 0.6) is 0 Å². The van der Waals surface area contributed by atoms with Crippen LogP contribution in [0, 0.1) is 5.92 Å². The summed E-state index contributed by atoms with van der Waals surface area (Å²) < 4.78 is 4.82. The number of ether oxygens (including phenoxy) is 1. The third kappa shape index (κ3) is 3.69. The molecule has 0 saturated carbocycles. The predicted molar refractivity (Wildman–Crippen MR) is 71.6 cm³/mol. The topological polar surface area (TPSA) is 58.6 Å². The highest BCUT2D eigenvalue weighted by Gasteiger charge is 2.33. The Morgan fingerprint density at radius 1 is 1.21 bits per heavy atom. The predicted octanol–water partition coefficient (Wildman–Crippen LogP) is 0.930. The van der Waals surface area contributed by atoms with Crippen molar-refractivity contribution >= 4 is 11.9 Å². The van der Waals surface area contributed by atoms with E-state index in [1.165, 1.54) is 7.11 Å². The van der Waals surface area contributed by atoms with E-state index >= 15 is 0 Å². The van der Waals surface area contributed by atoms with E-state index in [2.05, 4.69) is 5.32 Å². The van der Waals surface area contributed by atoms with E-state index in [1.54, 1.807) is 4.90 Å². The fourth-order valence-electron chi connectivity index (χ4n) is 3.06. The quantitative estimate of drug-likeness (QED) is 0.774. The second kappa shape index (κ2) is 6.89. The number of hydrogen-bond acceptors (Lipinski definition) is 4. The molecule has 1 atom stereocenters. The molecule has 1 unspecified atom stereocenters. The molecular formula is C14H24N2O3. The van der Waals surface area contributed by atoms with Crippen LogP contribution in [-0.4, -0.2) is 49.6 Å². The molecule has 0 bridgehead atoms. The van der Waals surface area contributed by atoms with Crippen molar-refractivity contribution in [3.8, 4) is 0 Å². The van der Waals surface area contributed by atoms with Crippen molar-refractivity contribution in [2.45, 2.75) is 44.6 Å². The Morgan fingerprint density at radius 2 is 1.95 bits per heavy atom. The van der Waals surface area contributed by atoms with Gasteiger partial charge in [-0.15, -0.1) is 0 Å². The monoisotopic (exact) mass is 268 g/mol. The molecule has 108 valence electrons. The van der Waals surface area contributed by atoms with Crippen molar-refractivity contribution in [1.82, 2.24) is 10.2 Å². The summed E-state index contributed by atoms with van der Waals surface area (Å²) in [5, 5.41) is 3.30. The van der Waals surface area contributed by atoms with Gasteiger partial charge < -0.3 is 15.0 Å². The lowest BCUT2D eigenvalue weighted by molar-refractivity contribution is -0.155. The van der Waals surface area contributed by atoms with Crippen LogP contribution >= 0.6 is 0 Å². The van der Waals surface area contributed by atoms with Gasteiger partial charge in [-0.25, -0.2) is 4.79 Å². The molecule has 19 heavy (non-hydrogen) atoms. The van der Waals surface area contributed by atoms with Gasteiger partial charge in [-0.05, 0) is 51.1 Å². The fourth-order valence-corrected chi connectivity index (χ4v) is 3.06. The molecule has 2 aliphatic rings. The summed E-state index contributed by atoms with van der Waals surface area (Å²) in [7, 11) is 1.40. The van der Waals surface area contributed by atoms with Crippen LogP contribution in [0.2, 0.25) is 0 Å². The number of carbonyl (C=O) groups is 2. The summed E-state index contributed by atoms with van der Waals surface area (Å²) in [4.78, 5) is 25.9. The summed E-state index contributed by atoms with van der Waals surface area (Å²) >= 11 is 0. The van der Waals surface area contributed by atoms with Crippen molar-refractivity contribution in [2.75, 3.05) is 26.7 Å². The van der Waals surface area contributed by atoms with Gasteiger partial charge in [0.15, 0.2) is 0 Å². The lowest BCUT2D eigenvalue weighted by atomic mass is 9.93. The number of hydrogen-bond donors (Lipinski definition) is 1. The summed E-state index contributed by atoms with van der Waals surface area (Å²) in [5.41, 5.74) is 0. The first kappa shape index (κ1) is 14.3. The van der Waals surface area contributed by atoms with Crippen LogP contribution in [0.4, 0.5) is 0 Å². The number of piperidine rings is 2. The second-order valence-electron chi connectivity index (χ2n) is 5.52. The Bertz CT molecular complexity index is 327. The number of carbonyl (C=O) groups excluding carboxylic acids is 2. The lowest BCUT2D eigenvalue weighted by Gasteiger charge is -2.35. The van der Waals surface area contributed by atoms with Gasteiger partial charge in [-0.3, -0.25) is 4.79 Å². The first-order valence-corrected chi connectivity index (χ1v) is 7.30. The van der Waals surface area contributed by atoms with Crippen LogP contribution in [-0.2, 0) is 14.3 Å². The van der Waals surface area contributed by atoms with E-state index in [0.717, 1.165) is 45.2 Å². The molecule has 0 aliphatic carbocycles. The van der Waals surface area contributed by atoms with E-state index in [4.69, 9.17) is 4.74 Å². The van der Waals surface area contributed by atoms with Gasteiger partial charge in [0.05, 0.1) is 7.11 Å². The minimum atomic E-state index is -0.354.